The topological polar surface area (TPSA) is 41.5 Å². The van der Waals surface area contributed by atoms with Gasteiger partial charge in [-0.2, -0.15) is 0 Å². The van der Waals surface area contributed by atoms with Crippen molar-refractivity contribution in [1.82, 2.24) is 5.32 Å². The molecule has 1 saturated heterocycles. The van der Waals surface area contributed by atoms with Crippen LogP contribution in [0, 0.1) is 5.41 Å². The number of hydrogen-bond donors (Lipinski definition) is 2. The predicted octanol–water partition coefficient (Wildman–Crippen LogP) is 0.383. The van der Waals surface area contributed by atoms with Crippen LogP contribution in [0.25, 0.3) is 0 Å². The molecule has 0 aromatic heterocycles. The zero-order chi connectivity index (χ0) is 9.03. The fourth-order valence-corrected chi connectivity index (χ4v) is 1.18. The molecule has 0 bridgehead atoms. The van der Waals surface area contributed by atoms with Crippen molar-refractivity contribution in [3.63, 3.8) is 0 Å². The SMILES string of the molecule is CCC(C)NCC1(CO)COC1. The van der Waals surface area contributed by atoms with Crippen LogP contribution >= 0.6 is 0 Å². The van der Waals surface area contributed by atoms with Gasteiger partial charge < -0.3 is 15.2 Å². The van der Waals surface area contributed by atoms with Gasteiger partial charge in [-0.25, -0.2) is 0 Å². The minimum atomic E-state index is 0.0173. The molecule has 72 valence electrons. The van der Waals surface area contributed by atoms with Gasteiger partial charge in [0.15, 0.2) is 0 Å². The van der Waals surface area contributed by atoms with Gasteiger partial charge in [0, 0.05) is 12.6 Å². The number of rotatable bonds is 5. The second-order valence-corrected chi connectivity index (χ2v) is 3.84. The zero-order valence-corrected chi connectivity index (χ0v) is 7.97. The predicted molar refractivity (Wildman–Crippen MR) is 48.1 cm³/mol. The quantitative estimate of drug-likeness (QED) is 0.631. The molecule has 0 aliphatic carbocycles. The molecular weight excluding hydrogens is 154 g/mol. The van der Waals surface area contributed by atoms with Crippen molar-refractivity contribution in [2.45, 2.75) is 26.3 Å². The molecule has 1 aliphatic heterocycles. The summed E-state index contributed by atoms with van der Waals surface area (Å²) in [6, 6.07) is 0.536. The number of aliphatic hydroxyl groups excluding tert-OH is 1. The van der Waals surface area contributed by atoms with E-state index in [0.717, 1.165) is 13.0 Å². The normalized spacial score (nSPS) is 23.2. The third-order valence-corrected chi connectivity index (χ3v) is 2.59. The van der Waals surface area contributed by atoms with Gasteiger partial charge in [-0.3, -0.25) is 0 Å². The number of ether oxygens (including phenoxy) is 1. The maximum absolute atomic E-state index is 9.10. The molecule has 1 atom stereocenters. The Hall–Kier alpha value is -0.120. The summed E-state index contributed by atoms with van der Waals surface area (Å²) >= 11 is 0. The Labute approximate surface area is 74.1 Å². The van der Waals surface area contributed by atoms with Gasteiger partial charge in [-0.05, 0) is 13.3 Å². The maximum Gasteiger partial charge on any atom is 0.0579 e. The Morgan fingerprint density at radius 2 is 2.25 bits per heavy atom. The Kier molecular flexibility index (Phi) is 3.50. The fourth-order valence-electron chi connectivity index (χ4n) is 1.18. The fraction of sp³-hybridized carbons (Fsp3) is 1.00. The maximum atomic E-state index is 9.10. The highest BCUT2D eigenvalue weighted by Gasteiger charge is 2.37. The van der Waals surface area contributed by atoms with Crippen LogP contribution in [0.4, 0.5) is 0 Å². The highest BCUT2D eigenvalue weighted by Crippen LogP contribution is 2.25. The van der Waals surface area contributed by atoms with Crippen LogP contribution in [0.2, 0.25) is 0 Å². The Balaban J connectivity index is 2.20. The van der Waals surface area contributed by atoms with Gasteiger partial charge in [0.25, 0.3) is 0 Å². The minimum Gasteiger partial charge on any atom is -0.396 e. The van der Waals surface area contributed by atoms with Crippen molar-refractivity contribution in [3.8, 4) is 0 Å². The average Bonchev–Trinajstić information content (AvgIpc) is 2.03. The molecule has 12 heavy (non-hydrogen) atoms. The van der Waals surface area contributed by atoms with E-state index in [-0.39, 0.29) is 12.0 Å². The third kappa shape index (κ3) is 2.19. The minimum absolute atomic E-state index is 0.0173. The largest absolute Gasteiger partial charge is 0.396 e. The van der Waals surface area contributed by atoms with Crippen molar-refractivity contribution in [3.05, 3.63) is 0 Å². The summed E-state index contributed by atoms with van der Waals surface area (Å²) in [5.74, 6) is 0. The average molecular weight is 173 g/mol. The number of aliphatic hydroxyl groups is 1. The van der Waals surface area contributed by atoms with Gasteiger partial charge in [-0.15, -0.1) is 0 Å². The van der Waals surface area contributed by atoms with Gasteiger partial charge in [0.1, 0.15) is 0 Å². The van der Waals surface area contributed by atoms with E-state index in [1.165, 1.54) is 0 Å². The molecule has 1 unspecified atom stereocenters. The first-order chi connectivity index (χ1) is 5.72. The van der Waals surface area contributed by atoms with Gasteiger partial charge in [0.2, 0.25) is 0 Å². The Bertz CT molecular complexity index is 129. The molecular formula is C9H19NO2. The van der Waals surface area contributed by atoms with E-state index >= 15 is 0 Å². The smallest absolute Gasteiger partial charge is 0.0579 e. The number of nitrogens with one attached hydrogen (secondary N) is 1. The Morgan fingerprint density at radius 3 is 2.58 bits per heavy atom. The van der Waals surface area contributed by atoms with Crippen molar-refractivity contribution in [2.24, 2.45) is 5.41 Å². The summed E-state index contributed by atoms with van der Waals surface area (Å²) in [6.45, 7) is 6.82. The molecule has 3 nitrogen and oxygen atoms in total. The summed E-state index contributed by atoms with van der Waals surface area (Å²) in [4.78, 5) is 0. The van der Waals surface area contributed by atoms with Crippen LogP contribution in [0.5, 0.6) is 0 Å². The molecule has 0 aromatic carbocycles. The molecule has 0 spiro atoms. The molecule has 1 rings (SSSR count). The van der Waals surface area contributed by atoms with Crippen LogP contribution in [0.3, 0.4) is 0 Å². The van der Waals surface area contributed by atoms with Crippen LogP contribution in [0.15, 0.2) is 0 Å². The monoisotopic (exact) mass is 173 g/mol. The second-order valence-electron chi connectivity index (χ2n) is 3.84. The lowest BCUT2D eigenvalue weighted by molar-refractivity contribution is -0.135. The van der Waals surface area contributed by atoms with Crippen molar-refractivity contribution in [1.29, 1.82) is 0 Å². The molecule has 0 radical (unpaired) electrons. The van der Waals surface area contributed by atoms with E-state index < -0.39 is 0 Å². The molecule has 0 saturated carbocycles. The molecule has 2 N–H and O–H groups in total. The summed E-state index contributed by atoms with van der Waals surface area (Å²) in [5.41, 5.74) is 0.0173. The van der Waals surface area contributed by atoms with E-state index in [4.69, 9.17) is 9.84 Å². The first-order valence-corrected chi connectivity index (χ1v) is 4.64. The lowest BCUT2D eigenvalue weighted by Crippen LogP contribution is -2.53. The Morgan fingerprint density at radius 1 is 1.58 bits per heavy atom. The van der Waals surface area contributed by atoms with Crippen LogP contribution < -0.4 is 5.32 Å². The highest BCUT2D eigenvalue weighted by molar-refractivity contribution is 4.87. The van der Waals surface area contributed by atoms with E-state index in [0.29, 0.717) is 19.3 Å². The van der Waals surface area contributed by atoms with Gasteiger partial charge in [0.05, 0.1) is 25.2 Å². The van der Waals surface area contributed by atoms with E-state index in [9.17, 15) is 0 Å². The lowest BCUT2D eigenvalue weighted by Gasteiger charge is -2.40. The third-order valence-electron chi connectivity index (χ3n) is 2.59. The summed E-state index contributed by atoms with van der Waals surface area (Å²) in [5, 5.41) is 12.5. The lowest BCUT2D eigenvalue weighted by atomic mass is 9.87. The molecule has 1 heterocycles. The highest BCUT2D eigenvalue weighted by atomic mass is 16.5. The standard InChI is InChI=1S/C9H19NO2/c1-3-8(2)10-4-9(5-11)6-12-7-9/h8,10-11H,3-7H2,1-2H3. The molecule has 0 aromatic rings. The van der Waals surface area contributed by atoms with E-state index in [2.05, 4.69) is 19.2 Å². The van der Waals surface area contributed by atoms with E-state index in [1.807, 2.05) is 0 Å². The summed E-state index contributed by atoms with van der Waals surface area (Å²) in [6.07, 6.45) is 1.13. The second kappa shape index (κ2) is 4.21. The van der Waals surface area contributed by atoms with Crippen LogP contribution in [0.1, 0.15) is 20.3 Å². The summed E-state index contributed by atoms with van der Waals surface area (Å²) in [7, 11) is 0. The van der Waals surface area contributed by atoms with Crippen molar-refractivity contribution < 1.29 is 9.84 Å². The molecule has 1 aliphatic rings. The molecule has 0 amide bonds. The summed E-state index contributed by atoms with van der Waals surface area (Å²) < 4.78 is 5.10. The van der Waals surface area contributed by atoms with Crippen LogP contribution in [-0.4, -0.2) is 37.5 Å². The first kappa shape index (κ1) is 9.96. The van der Waals surface area contributed by atoms with Crippen molar-refractivity contribution in [2.75, 3.05) is 26.4 Å². The van der Waals surface area contributed by atoms with E-state index in [1.54, 1.807) is 0 Å². The first-order valence-electron chi connectivity index (χ1n) is 4.64. The van der Waals surface area contributed by atoms with Crippen molar-refractivity contribution >= 4 is 0 Å². The van der Waals surface area contributed by atoms with Gasteiger partial charge >= 0.3 is 0 Å². The molecule has 1 fully saturated rings. The zero-order valence-electron chi connectivity index (χ0n) is 7.97. The molecule has 3 heteroatoms. The van der Waals surface area contributed by atoms with Crippen LogP contribution in [-0.2, 0) is 4.74 Å². The van der Waals surface area contributed by atoms with Gasteiger partial charge in [-0.1, -0.05) is 6.92 Å². The number of hydrogen-bond acceptors (Lipinski definition) is 3.